The summed E-state index contributed by atoms with van der Waals surface area (Å²) in [6.07, 6.45) is -1.09. The highest BCUT2D eigenvalue weighted by Crippen LogP contribution is 2.29. The van der Waals surface area contributed by atoms with Crippen LogP contribution in [0.15, 0.2) is 48.5 Å². The SMILES string of the molecule is O=C(N[C@H](NC(=S)Nc1ccccc1I)C(Cl)(Cl)Cl)c1ccccc1Cl. The number of benzene rings is 2. The molecule has 26 heavy (non-hydrogen) atoms. The molecular weight excluding hydrogens is 551 g/mol. The first-order chi connectivity index (χ1) is 12.2. The van der Waals surface area contributed by atoms with Crippen LogP contribution in [0.3, 0.4) is 0 Å². The number of rotatable bonds is 4. The van der Waals surface area contributed by atoms with Gasteiger partial charge in [0, 0.05) is 3.57 Å². The molecule has 0 saturated heterocycles. The molecule has 0 aliphatic carbocycles. The van der Waals surface area contributed by atoms with Crippen LogP contribution in [0.4, 0.5) is 5.69 Å². The highest BCUT2D eigenvalue weighted by molar-refractivity contribution is 14.1. The third-order valence-electron chi connectivity index (χ3n) is 3.12. The van der Waals surface area contributed by atoms with E-state index in [4.69, 9.17) is 58.6 Å². The molecule has 2 aromatic carbocycles. The lowest BCUT2D eigenvalue weighted by molar-refractivity contribution is 0.0934. The molecule has 10 heteroatoms. The van der Waals surface area contributed by atoms with Gasteiger partial charge >= 0.3 is 0 Å². The molecule has 1 amide bonds. The average molecular weight is 563 g/mol. The Morgan fingerprint density at radius 2 is 1.65 bits per heavy atom. The van der Waals surface area contributed by atoms with Gasteiger partial charge in [-0.05, 0) is 59.1 Å². The molecule has 2 rings (SSSR count). The predicted molar refractivity (Wildman–Crippen MR) is 122 cm³/mol. The molecule has 0 saturated carbocycles. The number of carbonyl (C=O) groups is 1. The molecule has 138 valence electrons. The summed E-state index contributed by atoms with van der Waals surface area (Å²) in [6.45, 7) is 0. The van der Waals surface area contributed by atoms with Gasteiger partial charge in [-0.1, -0.05) is 70.7 Å². The monoisotopic (exact) mass is 561 g/mol. The predicted octanol–water partition coefficient (Wildman–Crippen LogP) is 5.36. The standard InChI is InChI=1S/C16H12Cl4IN3OS/c17-10-6-2-1-5-9(10)13(25)23-14(16(18,19)20)24-15(26)22-12-8-4-3-7-11(12)21/h1-8,14H,(H,23,25)(H2,22,24,26)/t14-/m1/s1. The number of amides is 1. The summed E-state index contributed by atoms with van der Waals surface area (Å²) in [4.78, 5) is 12.4. The Hall–Kier alpha value is -0.510. The van der Waals surface area contributed by atoms with Gasteiger partial charge in [-0.2, -0.15) is 0 Å². The van der Waals surface area contributed by atoms with Crippen molar-refractivity contribution in [1.82, 2.24) is 10.6 Å². The van der Waals surface area contributed by atoms with Crippen molar-refractivity contribution >= 4 is 97.9 Å². The fraction of sp³-hybridized carbons (Fsp3) is 0.125. The fourth-order valence-corrected chi connectivity index (χ4v) is 3.20. The van der Waals surface area contributed by atoms with Crippen molar-refractivity contribution in [1.29, 1.82) is 0 Å². The number of anilines is 1. The van der Waals surface area contributed by atoms with Crippen LogP contribution in [0.2, 0.25) is 5.02 Å². The van der Waals surface area contributed by atoms with Crippen molar-refractivity contribution in [3.8, 4) is 0 Å². The van der Waals surface area contributed by atoms with Crippen molar-refractivity contribution in [3.63, 3.8) is 0 Å². The van der Waals surface area contributed by atoms with Crippen LogP contribution in [0.1, 0.15) is 10.4 Å². The quantitative estimate of drug-likeness (QED) is 0.203. The third-order valence-corrected chi connectivity index (χ3v) is 5.26. The molecule has 0 bridgehead atoms. The lowest BCUT2D eigenvalue weighted by Crippen LogP contribution is -2.56. The number of hydrogen-bond donors (Lipinski definition) is 3. The van der Waals surface area contributed by atoms with E-state index in [1.54, 1.807) is 24.3 Å². The lowest BCUT2D eigenvalue weighted by atomic mass is 10.2. The molecule has 3 N–H and O–H groups in total. The number of alkyl halides is 3. The number of para-hydroxylation sites is 1. The average Bonchev–Trinajstić information content (AvgIpc) is 2.56. The van der Waals surface area contributed by atoms with Crippen molar-refractivity contribution < 1.29 is 4.79 Å². The topological polar surface area (TPSA) is 53.2 Å². The van der Waals surface area contributed by atoms with Gasteiger partial charge in [-0.3, -0.25) is 4.79 Å². The van der Waals surface area contributed by atoms with Crippen molar-refractivity contribution in [2.24, 2.45) is 0 Å². The highest BCUT2D eigenvalue weighted by Gasteiger charge is 2.35. The summed E-state index contributed by atoms with van der Waals surface area (Å²) < 4.78 is -0.897. The highest BCUT2D eigenvalue weighted by atomic mass is 127. The van der Waals surface area contributed by atoms with Gasteiger partial charge in [0.2, 0.25) is 3.79 Å². The van der Waals surface area contributed by atoms with E-state index >= 15 is 0 Å². The van der Waals surface area contributed by atoms with E-state index in [2.05, 4.69) is 38.5 Å². The normalized spacial score (nSPS) is 12.2. The second-order valence-corrected chi connectivity index (χ2v) is 9.35. The van der Waals surface area contributed by atoms with Gasteiger partial charge in [0.15, 0.2) is 5.11 Å². The Morgan fingerprint density at radius 1 is 1.04 bits per heavy atom. The van der Waals surface area contributed by atoms with Crippen LogP contribution in [-0.2, 0) is 0 Å². The summed E-state index contributed by atoms with van der Waals surface area (Å²) >= 11 is 31.4. The maximum Gasteiger partial charge on any atom is 0.254 e. The fourth-order valence-electron chi connectivity index (χ4n) is 1.91. The summed E-state index contributed by atoms with van der Waals surface area (Å²) in [5.41, 5.74) is 1.04. The Balaban J connectivity index is 2.10. The van der Waals surface area contributed by atoms with Crippen LogP contribution in [0.25, 0.3) is 0 Å². The molecule has 0 aliphatic rings. The first-order valence-electron chi connectivity index (χ1n) is 7.12. The van der Waals surface area contributed by atoms with Gasteiger partial charge < -0.3 is 16.0 Å². The molecule has 0 radical (unpaired) electrons. The molecular formula is C16H12Cl4IN3OS. The summed E-state index contributed by atoms with van der Waals surface area (Å²) in [7, 11) is 0. The smallest absolute Gasteiger partial charge is 0.254 e. The number of thiocarbonyl (C=S) groups is 1. The van der Waals surface area contributed by atoms with Gasteiger partial charge in [-0.25, -0.2) is 0 Å². The van der Waals surface area contributed by atoms with Gasteiger partial charge in [0.1, 0.15) is 6.17 Å². The zero-order chi connectivity index (χ0) is 19.3. The van der Waals surface area contributed by atoms with Crippen LogP contribution in [0.5, 0.6) is 0 Å². The van der Waals surface area contributed by atoms with Crippen LogP contribution < -0.4 is 16.0 Å². The van der Waals surface area contributed by atoms with E-state index in [0.29, 0.717) is 0 Å². The molecule has 0 unspecified atom stereocenters. The Morgan fingerprint density at radius 3 is 2.27 bits per heavy atom. The van der Waals surface area contributed by atoms with E-state index in [0.717, 1.165) is 9.26 Å². The first-order valence-corrected chi connectivity index (χ1v) is 10.1. The van der Waals surface area contributed by atoms with E-state index in [1.165, 1.54) is 0 Å². The van der Waals surface area contributed by atoms with Crippen LogP contribution in [0, 0.1) is 3.57 Å². The number of hydrogen-bond acceptors (Lipinski definition) is 2. The van der Waals surface area contributed by atoms with E-state index in [-0.39, 0.29) is 15.7 Å². The summed E-state index contributed by atoms with van der Waals surface area (Å²) in [5.74, 6) is -0.503. The molecule has 0 aromatic heterocycles. The largest absolute Gasteiger partial charge is 0.339 e. The molecule has 0 spiro atoms. The van der Waals surface area contributed by atoms with Crippen LogP contribution in [-0.4, -0.2) is 21.0 Å². The van der Waals surface area contributed by atoms with Crippen molar-refractivity contribution in [2.45, 2.75) is 9.96 Å². The van der Waals surface area contributed by atoms with Gasteiger partial charge in [0.25, 0.3) is 5.91 Å². The van der Waals surface area contributed by atoms with E-state index < -0.39 is 15.9 Å². The Bertz CT molecular complexity index is 816. The Kier molecular flexibility index (Phi) is 8.06. The molecule has 0 fully saturated rings. The Labute approximate surface area is 190 Å². The molecule has 2 aromatic rings. The van der Waals surface area contributed by atoms with Gasteiger partial charge in [0.05, 0.1) is 16.3 Å². The van der Waals surface area contributed by atoms with Crippen molar-refractivity contribution in [3.05, 3.63) is 62.7 Å². The van der Waals surface area contributed by atoms with E-state index in [1.807, 2.05) is 24.3 Å². The van der Waals surface area contributed by atoms with E-state index in [9.17, 15) is 4.79 Å². The number of nitrogens with one attached hydrogen (secondary N) is 3. The first kappa shape index (κ1) is 21.8. The second kappa shape index (κ2) is 9.61. The molecule has 0 heterocycles. The van der Waals surface area contributed by atoms with Gasteiger partial charge in [-0.15, -0.1) is 0 Å². The maximum atomic E-state index is 12.4. The minimum absolute atomic E-state index is 0.185. The summed E-state index contributed by atoms with van der Waals surface area (Å²) in [6, 6.07) is 14.1. The zero-order valence-corrected chi connectivity index (χ0v) is 18.9. The van der Waals surface area contributed by atoms with Crippen molar-refractivity contribution in [2.75, 3.05) is 5.32 Å². The maximum absolute atomic E-state index is 12.4. The number of halogens is 5. The number of carbonyl (C=O) groups excluding carboxylic acids is 1. The summed E-state index contributed by atoms with van der Waals surface area (Å²) in [5, 5.41) is 8.85. The van der Waals surface area contributed by atoms with Crippen LogP contribution >= 0.6 is 81.2 Å². The molecule has 4 nitrogen and oxygen atoms in total. The third kappa shape index (κ3) is 6.28. The minimum atomic E-state index is -1.85. The molecule has 1 atom stereocenters. The zero-order valence-electron chi connectivity index (χ0n) is 12.9. The minimum Gasteiger partial charge on any atom is -0.339 e. The lowest BCUT2D eigenvalue weighted by Gasteiger charge is -2.28. The molecule has 0 aliphatic heterocycles. The second-order valence-electron chi connectivity index (χ2n) is 5.01.